The molecule has 6 nitrogen and oxygen atoms in total. The number of ether oxygens (including phenoxy) is 1. The summed E-state index contributed by atoms with van der Waals surface area (Å²) in [5.74, 6) is 0.780. The van der Waals surface area contributed by atoms with Crippen molar-refractivity contribution in [2.45, 2.75) is 6.42 Å². The molecule has 0 aliphatic carbocycles. The fourth-order valence-corrected chi connectivity index (χ4v) is 3.37. The average Bonchev–Trinajstić information content (AvgIpc) is 2.70. The summed E-state index contributed by atoms with van der Waals surface area (Å²) in [6, 6.07) is 13.0. The maximum Gasteiger partial charge on any atom is 0.228 e. The number of hydrogen-bond donors (Lipinski definition) is 1. The Bertz CT molecular complexity index is 973. The monoisotopic (exact) mass is 382 g/mol. The van der Waals surface area contributed by atoms with Crippen LogP contribution < -0.4 is 10.2 Å². The van der Waals surface area contributed by atoms with Gasteiger partial charge in [-0.3, -0.25) is 4.79 Å². The van der Waals surface area contributed by atoms with E-state index in [0.717, 1.165) is 35.4 Å². The van der Waals surface area contributed by atoms with Crippen molar-refractivity contribution in [3.63, 3.8) is 0 Å². The zero-order valence-electron chi connectivity index (χ0n) is 14.7. The highest BCUT2D eigenvalue weighted by atomic mass is 35.5. The van der Waals surface area contributed by atoms with Gasteiger partial charge in [0.2, 0.25) is 5.91 Å². The van der Waals surface area contributed by atoms with Crippen molar-refractivity contribution in [2.24, 2.45) is 0 Å². The van der Waals surface area contributed by atoms with Crippen LogP contribution in [0.2, 0.25) is 5.02 Å². The first-order valence-electron chi connectivity index (χ1n) is 8.81. The Morgan fingerprint density at radius 2 is 1.96 bits per heavy atom. The summed E-state index contributed by atoms with van der Waals surface area (Å²) in [6.07, 6.45) is 1.78. The lowest BCUT2D eigenvalue weighted by atomic mass is 10.1. The van der Waals surface area contributed by atoms with Crippen molar-refractivity contribution in [1.82, 2.24) is 9.97 Å². The van der Waals surface area contributed by atoms with E-state index in [9.17, 15) is 4.79 Å². The van der Waals surface area contributed by atoms with Crippen LogP contribution in [-0.4, -0.2) is 42.2 Å². The van der Waals surface area contributed by atoms with Gasteiger partial charge in [0.25, 0.3) is 0 Å². The highest BCUT2D eigenvalue weighted by molar-refractivity contribution is 6.31. The molecule has 0 spiro atoms. The van der Waals surface area contributed by atoms with Crippen molar-refractivity contribution in [3.8, 4) is 0 Å². The number of benzene rings is 2. The largest absolute Gasteiger partial charge is 0.378 e. The number of hydrogen-bond acceptors (Lipinski definition) is 5. The van der Waals surface area contributed by atoms with E-state index in [1.807, 2.05) is 36.4 Å². The number of carbonyl (C=O) groups excluding carboxylic acids is 1. The Morgan fingerprint density at radius 1 is 1.15 bits per heavy atom. The molecule has 0 atom stereocenters. The number of nitrogens with zero attached hydrogens (tertiary/aromatic N) is 3. The van der Waals surface area contributed by atoms with E-state index in [-0.39, 0.29) is 12.3 Å². The lowest BCUT2D eigenvalue weighted by Gasteiger charge is -2.28. The topological polar surface area (TPSA) is 67.4 Å². The van der Waals surface area contributed by atoms with Crippen LogP contribution in [-0.2, 0) is 16.0 Å². The molecule has 1 saturated heterocycles. The molecule has 0 radical (unpaired) electrons. The molecule has 27 heavy (non-hydrogen) atoms. The number of aromatic nitrogens is 2. The zero-order chi connectivity index (χ0) is 18.6. The van der Waals surface area contributed by atoms with E-state index in [1.165, 1.54) is 0 Å². The van der Waals surface area contributed by atoms with E-state index in [2.05, 4.69) is 20.2 Å². The Labute approximate surface area is 162 Å². The molecule has 0 saturated carbocycles. The van der Waals surface area contributed by atoms with Gasteiger partial charge in [-0.25, -0.2) is 9.97 Å². The normalized spacial score (nSPS) is 14.3. The van der Waals surface area contributed by atoms with Crippen LogP contribution in [0.4, 0.5) is 11.5 Å². The van der Waals surface area contributed by atoms with Crippen LogP contribution in [0.15, 0.2) is 48.8 Å². The molecule has 7 heteroatoms. The summed E-state index contributed by atoms with van der Waals surface area (Å²) in [7, 11) is 0. The summed E-state index contributed by atoms with van der Waals surface area (Å²) in [6.45, 7) is 3.01. The molecule has 1 fully saturated rings. The van der Waals surface area contributed by atoms with Gasteiger partial charge >= 0.3 is 0 Å². The second kappa shape index (κ2) is 7.90. The quantitative estimate of drug-likeness (QED) is 0.749. The zero-order valence-corrected chi connectivity index (χ0v) is 15.4. The molecule has 0 unspecified atom stereocenters. The van der Waals surface area contributed by atoms with Crippen molar-refractivity contribution in [3.05, 3.63) is 59.4 Å². The van der Waals surface area contributed by atoms with E-state index in [0.29, 0.717) is 23.9 Å². The predicted molar refractivity (Wildman–Crippen MR) is 106 cm³/mol. The Balaban J connectivity index is 1.53. The minimum absolute atomic E-state index is 0.120. The molecule has 1 N–H and O–H groups in total. The number of rotatable bonds is 4. The number of fused-ring (bicyclic) bond motifs is 1. The molecule has 138 valence electrons. The fourth-order valence-electron chi connectivity index (χ4n) is 3.17. The lowest BCUT2D eigenvalue weighted by molar-refractivity contribution is -0.115. The molecule has 1 aromatic heterocycles. The minimum atomic E-state index is -0.120. The van der Waals surface area contributed by atoms with Gasteiger partial charge in [-0.15, -0.1) is 0 Å². The lowest BCUT2D eigenvalue weighted by Crippen LogP contribution is -2.36. The SMILES string of the molecule is O=C(Cc1ccccc1Cl)Nc1ccc2c(N3CCOCC3)ncnc2c1. The van der Waals surface area contributed by atoms with E-state index < -0.39 is 0 Å². The third kappa shape index (κ3) is 4.02. The molecule has 2 heterocycles. The Morgan fingerprint density at radius 3 is 2.78 bits per heavy atom. The molecule has 4 rings (SSSR count). The smallest absolute Gasteiger partial charge is 0.228 e. The van der Waals surface area contributed by atoms with Crippen LogP contribution in [0.3, 0.4) is 0 Å². The van der Waals surface area contributed by atoms with Crippen molar-refractivity contribution in [1.29, 1.82) is 0 Å². The van der Waals surface area contributed by atoms with Gasteiger partial charge in [0.1, 0.15) is 12.1 Å². The molecule has 3 aromatic rings. The number of morpholine rings is 1. The minimum Gasteiger partial charge on any atom is -0.378 e. The van der Waals surface area contributed by atoms with Crippen LogP contribution in [0.5, 0.6) is 0 Å². The van der Waals surface area contributed by atoms with Crippen molar-refractivity contribution < 1.29 is 9.53 Å². The fraction of sp³-hybridized carbons (Fsp3) is 0.250. The van der Waals surface area contributed by atoms with E-state index >= 15 is 0 Å². The van der Waals surface area contributed by atoms with Gasteiger partial charge in [-0.1, -0.05) is 29.8 Å². The molecule has 1 aliphatic rings. The number of carbonyl (C=O) groups is 1. The molecule has 0 bridgehead atoms. The van der Waals surface area contributed by atoms with Crippen LogP contribution in [0.1, 0.15) is 5.56 Å². The maximum absolute atomic E-state index is 12.4. The van der Waals surface area contributed by atoms with E-state index in [4.69, 9.17) is 16.3 Å². The predicted octanol–water partition coefficient (Wildman–Crippen LogP) is 3.30. The molecule has 1 aliphatic heterocycles. The van der Waals surface area contributed by atoms with Crippen LogP contribution in [0, 0.1) is 0 Å². The summed E-state index contributed by atoms with van der Waals surface area (Å²) in [5, 5.41) is 4.47. The number of anilines is 2. The second-order valence-corrected chi connectivity index (χ2v) is 6.75. The first-order valence-corrected chi connectivity index (χ1v) is 9.19. The Hall–Kier alpha value is -2.70. The second-order valence-electron chi connectivity index (χ2n) is 6.34. The number of halogens is 1. The summed E-state index contributed by atoms with van der Waals surface area (Å²) >= 11 is 6.13. The third-order valence-corrected chi connectivity index (χ3v) is 4.89. The first kappa shape index (κ1) is 17.7. The van der Waals surface area contributed by atoms with Crippen LogP contribution in [0.25, 0.3) is 10.9 Å². The average molecular weight is 383 g/mol. The van der Waals surface area contributed by atoms with Gasteiger partial charge in [0.05, 0.1) is 25.2 Å². The van der Waals surface area contributed by atoms with Crippen molar-refractivity contribution in [2.75, 3.05) is 36.5 Å². The molecule has 1 amide bonds. The molecule has 2 aromatic carbocycles. The van der Waals surface area contributed by atoms with Gasteiger partial charge in [-0.05, 0) is 29.8 Å². The number of nitrogens with one attached hydrogen (secondary N) is 1. The van der Waals surface area contributed by atoms with Crippen LogP contribution >= 0.6 is 11.6 Å². The third-order valence-electron chi connectivity index (χ3n) is 4.52. The van der Waals surface area contributed by atoms with Gasteiger partial charge in [0, 0.05) is 29.2 Å². The molecular formula is C20H19ClN4O2. The summed E-state index contributed by atoms with van der Waals surface area (Å²) in [5.41, 5.74) is 2.29. The van der Waals surface area contributed by atoms with Gasteiger partial charge < -0.3 is 15.0 Å². The summed E-state index contributed by atoms with van der Waals surface area (Å²) in [4.78, 5) is 23.4. The number of amides is 1. The first-order chi connectivity index (χ1) is 13.2. The summed E-state index contributed by atoms with van der Waals surface area (Å²) < 4.78 is 5.41. The highest BCUT2D eigenvalue weighted by Gasteiger charge is 2.16. The highest BCUT2D eigenvalue weighted by Crippen LogP contribution is 2.26. The molecular weight excluding hydrogens is 364 g/mol. The maximum atomic E-state index is 12.4. The van der Waals surface area contributed by atoms with Crippen molar-refractivity contribution >= 4 is 39.9 Å². The standard InChI is InChI=1S/C20H19ClN4O2/c21-17-4-2-1-3-14(17)11-19(26)24-15-5-6-16-18(12-15)22-13-23-20(16)25-7-9-27-10-8-25/h1-6,12-13H,7-11H2,(H,24,26). The van der Waals surface area contributed by atoms with E-state index in [1.54, 1.807) is 12.4 Å². The van der Waals surface area contributed by atoms with Gasteiger partial charge in [-0.2, -0.15) is 0 Å². The Kier molecular flexibility index (Phi) is 5.18. The van der Waals surface area contributed by atoms with Gasteiger partial charge in [0.15, 0.2) is 0 Å².